The van der Waals surface area contributed by atoms with Gasteiger partial charge in [0.1, 0.15) is 5.82 Å². The maximum Gasteiger partial charge on any atom is 0.255 e. The lowest BCUT2D eigenvalue weighted by Gasteiger charge is -2.36. The van der Waals surface area contributed by atoms with E-state index in [2.05, 4.69) is 9.80 Å². The quantitative estimate of drug-likeness (QED) is 0.643. The van der Waals surface area contributed by atoms with Crippen molar-refractivity contribution in [3.8, 4) is 0 Å². The van der Waals surface area contributed by atoms with Gasteiger partial charge in [-0.15, -0.1) is 0 Å². The second-order valence-electron chi connectivity index (χ2n) is 9.19. The molecule has 2 aliphatic heterocycles. The van der Waals surface area contributed by atoms with Crippen LogP contribution in [0.4, 0.5) is 4.39 Å². The number of hydrogen-bond donors (Lipinski definition) is 0. The number of aromatic nitrogens is 1. The summed E-state index contributed by atoms with van der Waals surface area (Å²) in [6, 6.07) is 10.7. The fourth-order valence-corrected chi connectivity index (χ4v) is 4.85. The SMILES string of the molecule is COCCN1CCN(C(=O)c2ccc(C)nc2C2CCN(Cc3ccc(F)cc3)CC2)CC1. The maximum absolute atomic E-state index is 13.4. The molecule has 0 unspecified atom stereocenters. The van der Waals surface area contributed by atoms with Crippen molar-refractivity contribution in [1.82, 2.24) is 19.7 Å². The fourth-order valence-electron chi connectivity index (χ4n) is 4.85. The smallest absolute Gasteiger partial charge is 0.255 e. The monoisotopic (exact) mass is 454 g/mol. The first kappa shape index (κ1) is 23.8. The van der Waals surface area contributed by atoms with E-state index in [9.17, 15) is 9.18 Å². The molecule has 0 atom stereocenters. The molecule has 1 aromatic carbocycles. The van der Waals surface area contributed by atoms with Gasteiger partial charge in [-0.3, -0.25) is 19.6 Å². The van der Waals surface area contributed by atoms with Crippen LogP contribution in [0.25, 0.3) is 0 Å². The number of amides is 1. The summed E-state index contributed by atoms with van der Waals surface area (Å²) in [7, 11) is 1.72. The molecule has 0 radical (unpaired) electrons. The average molecular weight is 455 g/mol. The molecular weight excluding hydrogens is 419 g/mol. The Morgan fingerprint density at radius 2 is 1.70 bits per heavy atom. The molecule has 0 bridgehead atoms. The number of piperidine rings is 1. The minimum Gasteiger partial charge on any atom is -0.383 e. The van der Waals surface area contributed by atoms with E-state index in [1.165, 1.54) is 12.1 Å². The Kier molecular flexibility index (Phi) is 8.06. The van der Waals surface area contributed by atoms with Gasteiger partial charge in [-0.25, -0.2) is 4.39 Å². The third-order valence-electron chi connectivity index (χ3n) is 6.86. The van der Waals surface area contributed by atoms with E-state index in [1.807, 2.05) is 36.1 Å². The molecule has 1 aromatic heterocycles. The zero-order chi connectivity index (χ0) is 23.2. The summed E-state index contributed by atoms with van der Waals surface area (Å²) in [5.41, 5.74) is 3.81. The van der Waals surface area contributed by atoms with Crippen LogP contribution in [0.15, 0.2) is 36.4 Å². The molecule has 2 saturated heterocycles. The largest absolute Gasteiger partial charge is 0.383 e. The topological polar surface area (TPSA) is 48.9 Å². The van der Waals surface area contributed by atoms with Crippen molar-refractivity contribution < 1.29 is 13.9 Å². The highest BCUT2D eigenvalue weighted by Gasteiger charge is 2.29. The highest BCUT2D eigenvalue weighted by Crippen LogP contribution is 2.31. The van der Waals surface area contributed by atoms with Crippen LogP contribution >= 0.6 is 0 Å². The number of pyridine rings is 1. The highest BCUT2D eigenvalue weighted by atomic mass is 19.1. The number of nitrogens with zero attached hydrogens (tertiary/aromatic N) is 4. The highest BCUT2D eigenvalue weighted by molar-refractivity contribution is 5.95. The van der Waals surface area contributed by atoms with Gasteiger partial charge in [-0.05, 0) is 62.7 Å². The first-order chi connectivity index (χ1) is 16.0. The lowest BCUT2D eigenvalue weighted by molar-refractivity contribution is 0.0591. The van der Waals surface area contributed by atoms with Gasteiger partial charge in [0.25, 0.3) is 5.91 Å². The molecule has 33 heavy (non-hydrogen) atoms. The van der Waals surface area contributed by atoms with Crippen LogP contribution in [-0.4, -0.2) is 85.1 Å². The molecule has 6 nitrogen and oxygen atoms in total. The Morgan fingerprint density at radius 3 is 2.36 bits per heavy atom. The van der Waals surface area contributed by atoms with Crippen molar-refractivity contribution in [3.63, 3.8) is 0 Å². The Morgan fingerprint density at radius 1 is 1.00 bits per heavy atom. The Hall–Kier alpha value is -2.35. The molecule has 1 amide bonds. The zero-order valence-electron chi connectivity index (χ0n) is 19.8. The van der Waals surface area contributed by atoms with Crippen LogP contribution in [0.2, 0.25) is 0 Å². The van der Waals surface area contributed by atoms with Gasteiger partial charge in [-0.2, -0.15) is 0 Å². The number of carbonyl (C=O) groups excluding carboxylic acids is 1. The van der Waals surface area contributed by atoms with Gasteiger partial charge in [0.2, 0.25) is 0 Å². The number of methoxy groups -OCH3 is 1. The van der Waals surface area contributed by atoms with Gasteiger partial charge in [0.05, 0.1) is 17.9 Å². The van der Waals surface area contributed by atoms with Crippen molar-refractivity contribution in [2.45, 2.75) is 32.2 Å². The summed E-state index contributed by atoms with van der Waals surface area (Å²) in [4.78, 5) is 25.0. The predicted octanol–water partition coefficient (Wildman–Crippen LogP) is 3.31. The number of likely N-dealkylation sites (tertiary alicyclic amines) is 1. The van der Waals surface area contributed by atoms with Crippen LogP contribution in [0, 0.1) is 12.7 Å². The molecule has 2 aromatic rings. The van der Waals surface area contributed by atoms with Crippen molar-refractivity contribution in [2.24, 2.45) is 0 Å². The number of piperazine rings is 1. The molecule has 2 fully saturated rings. The Balaban J connectivity index is 1.38. The van der Waals surface area contributed by atoms with Crippen molar-refractivity contribution in [2.75, 3.05) is 59.5 Å². The first-order valence-electron chi connectivity index (χ1n) is 12.0. The van der Waals surface area contributed by atoms with E-state index in [0.29, 0.717) is 0 Å². The minimum atomic E-state index is -0.198. The van der Waals surface area contributed by atoms with Gasteiger partial charge < -0.3 is 9.64 Å². The minimum absolute atomic E-state index is 0.109. The van der Waals surface area contributed by atoms with E-state index in [-0.39, 0.29) is 17.6 Å². The average Bonchev–Trinajstić information content (AvgIpc) is 2.84. The van der Waals surface area contributed by atoms with E-state index in [0.717, 1.165) is 94.3 Å². The number of halogens is 1. The van der Waals surface area contributed by atoms with Gasteiger partial charge >= 0.3 is 0 Å². The van der Waals surface area contributed by atoms with Crippen molar-refractivity contribution in [1.29, 1.82) is 0 Å². The van der Waals surface area contributed by atoms with E-state index >= 15 is 0 Å². The molecular formula is C26H35FN4O2. The fraction of sp³-hybridized carbons (Fsp3) is 0.538. The summed E-state index contributed by atoms with van der Waals surface area (Å²) >= 11 is 0. The van der Waals surface area contributed by atoms with Crippen molar-refractivity contribution in [3.05, 3.63) is 64.7 Å². The van der Waals surface area contributed by atoms with Crippen molar-refractivity contribution >= 4 is 5.91 Å². The summed E-state index contributed by atoms with van der Waals surface area (Å²) in [5.74, 6) is 0.200. The third kappa shape index (κ3) is 6.16. The molecule has 3 heterocycles. The Bertz CT molecular complexity index is 920. The molecule has 0 N–H and O–H groups in total. The number of hydrogen-bond acceptors (Lipinski definition) is 5. The number of rotatable bonds is 7. The predicted molar refractivity (Wildman–Crippen MR) is 127 cm³/mol. The van der Waals surface area contributed by atoms with Crippen LogP contribution in [0.1, 0.15) is 46.1 Å². The third-order valence-corrected chi connectivity index (χ3v) is 6.86. The summed E-state index contributed by atoms with van der Waals surface area (Å²) in [6.07, 6.45) is 1.95. The van der Waals surface area contributed by atoms with Gasteiger partial charge in [0, 0.05) is 58.0 Å². The molecule has 4 rings (SSSR count). The second-order valence-corrected chi connectivity index (χ2v) is 9.19. The van der Waals surface area contributed by atoms with E-state index in [4.69, 9.17) is 9.72 Å². The van der Waals surface area contributed by atoms with Crippen LogP contribution in [0.5, 0.6) is 0 Å². The summed E-state index contributed by atoms with van der Waals surface area (Å²) in [5, 5.41) is 0. The van der Waals surface area contributed by atoms with Crippen LogP contribution in [0.3, 0.4) is 0 Å². The normalized spacial score (nSPS) is 18.6. The zero-order valence-corrected chi connectivity index (χ0v) is 19.8. The van der Waals surface area contributed by atoms with E-state index < -0.39 is 0 Å². The molecule has 7 heteroatoms. The van der Waals surface area contributed by atoms with Gasteiger partial charge in [0.15, 0.2) is 0 Å². The summed E-state index contributed by atoms with van der Waals surface area (Å²) in [6.45, 7) is 9.59. The number of benzene rings is 1. The summed E-state index contributed by atoms with van der Waals surface area (Å²) < 4.78 is 18.4. The number of ether oxygens (including phenoxy) is 1. The van der Waals surface area contributed by atoms with E-state index in [1.54, 1.807) is 7.11 Å². The Labute approximate surface area is 196 Å². The number of carbonyl (C=O) groups is 1. The van der Waals surface area contributed by atoms with Crippen LogP contribution in [-0.2, 0) is 11.3 Å². The lowest BCUT2D eigenvalue weighted by atomic mass is 9.89. The second kappa shape index (κ2) is 11.2. The first-order valence-corrected chi connectivity index (χ1v) is 12.0. The van der Waals surface area contributed by atoms with Gasteiger partial charge in [-0.1, -0.05) is 12.1 Å². The molecule has 178 valence electrons. The van der Waals surface area contributed by atoms with Crippen LogP contribution < -0.4 is 0 Å². The maximum atomic E-state index is 13.4. The lowest BCUT2D eigenvalue weighted by Crippen LogP contribution is -2.49. The molecule has 0 saturated carbocycles. The molecule has 2 aliphatic rings. The molecule has 0 aliphatic carbocycles. The molecule has 0 spiro atoms. The standard InChI is InChI=1S/C26H35FN4O2/c1-20-3-8-24(26(32)31-15-13-29(14-16-31)17-18-33-2)25(28-20)22-9-11-30(12-10-22)19-21-4-6-23(27)7-5-21/h3-8,22H,9-19H2,1-2H3. The number of aryl methyl sites for hydroxylation is 1.